The predicted molar refractivity (Wildman–Crippen MR) is 135 cm³/mol. The lowest BCUT2D eigenvalue weighted by Gasteiger charge is -2.42. The zero-order valence-electron chi connectivity index (χ0n) is 20.6. The topological polar surface area (TPSA) is 33.5 Å². The van der Waals surface area contributed by atoms with Crippen LogP contribution in [0, 0.1) is 6.92 Å². The van der Waals surface area contributed by atoms with Crippen molar-refractivity contribution in [1.29, 1.82) is 0 Å². The number of carbonyl (C=O) groups is 1. The van der Waals surface area contributed by atoms with Gasteiger partial charge < -0.3 is 9.32 Å². The fraction of sp³-hybridized carbons (Fsp3) is 0.414. The maximum atomic E-state index is 12.9. The van der Waals surface area contributed by atoms with Gasteiger partial charge in [0.05, 0.1) is 0 Å². The second-order valence-corrected chi connectivity index (χ2v) is 11.2. The molecule has 4 heteroatoms. The molecule has 3 nitrogen and oxygen atoms in total. The van der Waals surface area contributed by atoms with Gasteiger partial charge in [0.25, 0.3) is 5.91 Å². The zero-order valence-corrected chi connectivity index (χ0v) is 21.3. The Balaban J connectivity index is 1.54. The van der Waals surface area contributed by atoms with E-state index < -0.39 is 0 Å². The van der Waals surface area contributed by atoms with E-state index >= 15 is 0 Å². The molecule has 33 heavy (non-hydrogen) atoms. The molecule has 0 saturated carbocycles. The van der Waals surface area contributed by atoms with Crippen LogP contribution < -0.4 is 0 Å². The number of amides is 1. The molecule has 174 valence electrons. The Kier molecular flexibility index (Phi) is 6.22. The van der Waals surface area contributed by atoms with Gasteiger partial charge >= 0.3 is 0 Å². The summed E-state index contributed by atoms with van der Waals surface area (Å²) in [6.07, 6.45) is 3.07. The fourth-order valence-electron chi connectivity index (χ4n) is 4.88. The maximum Gasteiger partial charge on any atom is 0.289 e. The van der Waals surface area contributed by atoms with E-state index in [1.807, 2.05) is 30.3 Å². The van der Waals surface area contributed by atoms with Crippen LogP contribution in [0.2, 0.25) is 5.02 Å². The molecule has 0 fully saturated rings. The lowest BCUT2D eigenvalue weighted by atomic mass is 9.62. The van der Waals surface area contributed by atoms with Gasteiger partial charge in [-0.15, -0.1) is 0 Å². The third-order valence-corrected chi connectivity index (χ3v) is 7.63. The summed E-state index contributed by atoms with van der Waals surface area (Å²) in [7, 11) is 1.77. The molecule has 0 aliphatic heterocycles. The molecule has 1 aromatic heterocycles. The van der Waals surface area contributed by atoms with Gasteiger partial charge in [-0.1, -0.05) is 69.6 Å². The van der Waals surface area contributed by atoms with Gasteiger partial charge in [0.15, 0.2) is 5.76 Å². The van der Waals surface area contributed by atoms with E-state index in [9.17, 15) is 4.79 Å². The zero-order chi connectivity index (χ0) is 24.0. The molecule has 3 aromatic rings. The molecule has 0 bridgehead atoms. The summed E-state index contributed by atoms with van der Waals surface area (Å²) in [4.78, 5) is 14.6. The number of furan rings is 1. The van der Waals surface area contributed by atoms with E-state index in [0.29, 0.717) is 23.7 Å². The number of nitrogens with zero attached hydrogens (tertiary/aromatic N) is 1. The van der Waals surface area contributed by atoms with E-state index in [1.165, 1.54) is 35.1 Å². The van der Waals surface area contributed by atoms with Gasteiger partial charge in [0, 0.05) is 25.0 Å². The molecule has 0 unspecified atom stereocenters. The molecular formula is C29H34ClNO2. The van der Waals surface area contributed by atoms with Crippen LogP contribution >= 0.6 is 11.6 Å². The number of carbonyl (C=O) groups excluding carboxylic acids is 1. The van der Waals surface area contributed by atoms with Gasteiger partial charge in [-0.3, -0.25) is 4.79 Å². The van der Waals surface area contributed by atoms with Crippen molar-refractivity contribution in [1.82, 2.24) is 4.90 Å². The SMILES string of the molecule is Cc1cc2c(cc1Cc1ccc(C(=O)N(C)Cc3ccccc3Cl)o1)C(C)(C)CCC2(C)C. The van der Waals surface area contributed by atoms with E-state index in [0.717, 1.165) is 11.3 Å². The van der Waals surface area contributed by atoms with Crippen LogP contribution in [0.4, 0.5) is 0 Å². The Morgan fingerprint density at radius 2 is 1.61 bits per heavy atom. The molecule has 0 radical (unpaired) electrons. The number of rotatable bonds is 5. The smallest absolute Gasteiger partial charge is 0.289 e. The average molecular weight is 464 g/mol. The molecular weight excluding hydrogens is 430 g/mol. The molecule has 1 amide bonds. The first kappa shape index (κ1) is 23.6. The minimum absolute atomic E-state index is 0.147. The monoisotopic (exact) mass is 463 g/mol. The number of aryl methyl sites for hydroxylation is 1. The van der Waals surface area contributed by atoms with Crippen molar-refractivity contribution in [3.63, 3.8) is 0 Å². The first-order valence-electron chi connectivity index (χ1n) is 11.7. The third-order valence-electron chi connectivity index (χ3n) is 7.26. The Morgan fingerprint density at radius 3 is 2.27 bits per heavy atom. The number of halogens is 1. The molecule has 4 rings (SSSR count). The van der Waals surface area contributed by atoms with Crippen molar-refractivity contribution in [2.24, 2.45) is 0 Å². The second-order valence-electron chi connectivity index (χ2n) is 10.8. The lowest BCUT2D eigenvalue weighted by Crippen LogP contribution is -2.34. The maximum absolute atomic E-state index is 12.9. The van der Waals surface area contributed by atoms with Gasteiger partial charge in [-0.05, 0) is 76.6 Å². The fourth-order valence-corrected chi connectivity index (χ4v) is 5.07. The third kappa shape index (κ3) is 4.75. The van der Waals surface area contributed by atoms with E-state index in [1.54, 1.807) is 18.0 Å². The molecule has 0 atom stereocenters. The Hall–Kier alpha value is -2.52. The summed E-state index contributed by atoms with van der Waals surface area (Å²) >= 11 is 6.25. The highest BCUT2D eigenvalue weighted by molar-refractivity contribution is 6.31. The predicted octanol–water partition coefficient (Wildman–Crippen LogP) is 7.45. The van der Waals surface area contributed by atoms with Crippen molar-refractivity contribution in [3.05, 3.63) is 92.9 Å². The molecule has 1 heterocycles. The highest BCUT2D eigenvalue weighted by atomic mass is 35.5. The average Bonchev–Trinajstić information content (AvgIpc) is 3.22. The Bertz CT molecular complexity index is 1190. The van der Waals surface area contributed by atoms with Crippen LogP contribution in [0.5, 0.6) is 0 Å². The van der Waals surface area contributed by atoms with Crippen LogP contribution in [-0.2, 0) is 23.8 Å². The Labute approximate surface area is 202 Å². The van der Waals surface area contributed by atoms with Crippen LogP contribution in [0.15, 0.2) is 52.9 Å². The number of fused-ring (bicyclic) bond motifs is 1. The summed E-state index contributed by atoms with van der Waals surface area (Å²) in [6, 6.07) is 16.0. The van der Waals surface area contributed by atoms with E-state index in [2.05, 4.69) is 46.8 Å². The van der Waals surface area contributed by atoms with Crippen LogP contribution in [0.3, 0.4) is 0 Å². The van der Waals surface area contributed by atoms with Gasteiger partial charge in [0.1, 0.15) is 5.76 Å². The van der Waals surface area contributed by atoms with Gasteiger partial charge in [-0.25, -0.2) is 0 Å². The molecule has 0 saturated heterocycles. The van der Waals surface area contributed by atoms with E-state index in [4.69, 9.17) is 16.0 Å². The van der Waals surface area contributed by atoms with E-state index in [-0.39, 0.29) is 16.7 Å². The lowest BCUT2D eigenvalue weighted by molar-refractivity contribution is 0.0752. The minimum Gasteiger partial charge on any atom is -0.456 e. The highest BCUT2D eigenvalue weighted by Crippen LogP contribution is 2.46. The van der Waals surface area contributed by atoms with Crippen molar-refractivity contribution in [2.75, 3.05) is 7.05 Å². The normalized spacial score (nSPS) is 16.3. The number of benzene rings is 2. The summed E-state index contributed by atoms with van der Waals surface area (Å²) in [5.74, 6) is 1.02. The van der Waals surface area contributed by atoms with Crippen LogP contribution in [0.1, 0.15) is 84.7 Å². The molecule has 2 aromatic carbocycles. The number of hydrogen-bond donors (Lipinski definition) is 0. The van der Waals surface area contributed by atoms with Crippen molar-refractivity contribution in [2.45, 2.75) is 71.3 Å². The molecule has 0 spiro atoms. The first-order chi connectivity index (χ1) is 15.5. The van der Waals surface area contributed by atoms with Crippen molar-refractivity contribution < 1.29 is 9.21 Å². The van der Waals surface area contributed by atoms with Gasteiger partial charge in [-0.2, -0.15) is 0 Å². The second kappa shape index (κ2) is 8.68. The van der Waals surface area contributed by atoms with Gasteiger partial charge in [0.2, 0.25) is 0 Å². The molecule has 0 N–H and O–H groups in total. The standard InChI is InChI=1S/C29H34ClNO2/c1-19-15-23-24(29(4,5)14-13-28(23,2)3)17-21(19)16-22-11-12-26(33-22)27(32)31(6)18-20-9-7-8-10-25(20)30/h7-12,15,17H,13-14,16,18H2,1-6H3. The quantitative estimate of drug-likeness (QED) is 0.393. The first-order valence-corrected chi connectivity index (χ1v) is 12.1. The largest absolute Gasteiger partial charge is 0.456 e. The van der Waals surface area contributed by atoms with Crippen molar-refractivity contribution >= 4 is 17.5 Å². The molecule has 1 aliphatic carbocycles. The van der Waals surface area contributed by atoms with Crippen LogP contribution in [-0.4, -0.2) is 17.9 Å². The number of hydrogen-bond acceptors (Lipinski definition) is 2. The van der Waals surface area contributed by atoms with Crippen LogP contribution in [0.25, 0.3) is 0 Å². The molecule has 1 aliphatic rings. The Morgan fingerprint density at radius 1 is 0.970 bits per heavy atom. The summed E-state index contributed by atoms with van der Waals surface area (Å²) in [5, 5.41) is 0.659. The minimum atomic E-state index is -0.147. The summed E-state index contributed by atoms with van der Waals surface area (Å²) < 4.78 is 6.01. The summed E-state index contributed by atoms with van der Waals surface area (Å²) in [6.45, 7) is 12.0. The highest BCUT2D eigenvalue weighted by Gasteiger charge is 2.37. The van der Waals surface area contributed by atoms with Crippen molar-refractivity contribution in [3.8, 4) is 0 Å². The summed E-state index contributed by atoms with van der Waals surface area (Å²) in [5.41, 5.74) is 6.73.